The van der Waals surface area contributed by atoms with Crippen LogP contribution >= 0.6 is 11.3 Å². The maximum Gasteiger partial charge on any atom is 0.295 e. The van der Waals surface area contributed by atoms with E-state index in [2.05, 4.69) is 5.32 Å². The van der Waals surface area contributed by atoms with Crippen LogP contribution in [-0.4, -0.2) is 4.92 Å². The fourth-order valence-corrected chi connectivity index (χ4v) is 2.41. The van der Waals surface area contributed by atoms with Gasteiger partial charge in [0.1, 0.15) is 0 Å². The minimum atomic E-state index is -1.24. The van der Waals surface area contributed by atoms with E-state index >= 15 is 0 Å². The number of anilines is 1. The molecule has 19 heavy (non-hydrogen) atoms. The molecule has 0 radical (unpaired) electrons. The fourth-order valence-electron chi connectivity index (χ4n) is 1.65. The number of nitrogens with one attached hydrogen (secondary N) is 1. The van der Waals surface area contributed by atoms with E-state index in [1.165, 1.54) is 11.3 Å². The number of nitro groups is 1. The highest BCUT2D eigenvalue weighted by atomic mass is 32.1. The van der Waals surface area contributed by atoms with Crippen molar-refractivity contribution in [1.29, 1.82) is 0 Å². The largest absolute Gasteiger partial charge is 0.370 e. The molecule has 1 aromatic heterocycles. The molecule has 1 heterocycles. The first-order valence-electron chi connectivity index (χ1n) is 5.41. The smallest absolute Gasteiger partial charge is 0.295 e. The predicted octanol–water partition coefficient (Wildman–Crippen LogP) is 4.11. The molecule has 4 nitrogen and oxygen atoms in total. The van der Waals surface area contributed by atoms with Gasteiger partial charge in [-0.1, -0.05) is 0 Å². The quantitative estimate of drug-likeness (QED) is 0.679. The second-order valence-electron chi connectivity index (χ2n) is 3.94. The lowest BCUT2D eigenvalue weighted by molar-refractivity contribution is -0.384. The summed E-state index contributed by atoms with van der Waals surface area (Å²) in [5, 5.41) is 17.2. The summed E-state index contributed by atoms with van der Waals surface area (Å²) in [7, 11) is 0. The van der Waals surface area contributed by atoms with E-state index < -0.39 is 27.9 Å². The van der Waals surface area contributed by atoms with E-state index in [0.717, 1.165) is 17.7 Å². The molecule has 0 aliphatic rings. The van der Waals surface area contributed by atoms with Gasteiger partial charge >= 0.3 is 0 Å². The van der Waals surface area contributed by atoms with Crippen LogP contribution in [0.1, 0.15) is 18.5 Å². The summed E-state index contributed by atoms with van der Waals surface area (Å²) in [5.41, 5.74) is -0.0624. The van der Waals surface area contributed by atoms with Crippen molar-refractivity contribution >= 4 is 22.7 Å². The third kappa shape index (κ3) is 2.70. The van der Waals surface area contributed by atoms with Gasteiger partial charge in [0, 0.05) is 12.1 Å². The van der Waals surface area contributed by atoms with Crippen molar-refractivity contribution in [1.82, 2.24) is 0 Å². The Bertz CT molecular complexity index is 602. The lowest BCUT2D eigenvalue weighted by Gasteiger charge is -2.15. The molecule has 0 bridgehead atoms. The first-order chi connectivity index (χ1) is 9.00. The molecule has 0 aliphatic heterocycles. The number of rotatable bonds is 4. The third-order valence-corrected chi connectivity index (χ3v) is 3.38. The molecule has 0 saturated carbocycles. The first-order valence-corrected chi connectivity index (χ1v) is 6.36. The van der Waals surface area contributed by atoms with E-state index in [1.807, 2.05) is 16.8 Å². The van der Waals surface area contributed by atoms with Gasteiger partial charge in [-0.25, -0.2) is 8.78 Å². The van der Waals surface area contributed by atoms with Gasteiger partial charge in [0.15, 0.2) is 17.3 Å². The molecule has 1 atom stereocenters. The van der Waals surface area contributed by atoms with Crippen molar-refractivity contribution in [3.8, 4) is 0 Å². The second kappa shape index (κ2) is 5.31. The summed E-state index contributed by atoms with van der Waals surface area (Å²) in [5.74, 6) is -2.36. The molecule has 0 aliphatic carbocycles. The highest BCUT2D eigenvalue weighted by Crippen LogP contribution is 2.32. The van der Waals surface area contributed by atoms with E-state index in [0.29, 0.717) is 0 Å². The Hall–Kier alpha value is -2.02. The van der Waals surface area contributed by atoms with Gasteiger partial charge in [-0.2, -0.15) is 11.3 Å². The van der Waals surface area contributed by atoms with Crippen molar-refractivity contribution in [2.75, 3.05) is 5.32 Å². The topological polar surface area (TPSA) is 55.2 Å². The maximum atomic E-state index is 13.7. The van der Waals surface area contributed by atoms with E-state index in [9.17, 15) is 18.9 Å². The lowest BCUT2D eigenvalue weighted by atomic mass is 10.1. The summed E-state index contributed by atoms with van der Waals surface area (Å²) < 4.78 is 26.9. The average Bonchev–Trinajstić information content (AvgIpc) is 2.88. The van der Waals surface area contributed by atoms with Gasteiger partial charge in [0.25, 0.3) is 5.69 Å². The molecule has 1 N–H and O–H groups in total. The summed E-state index contributed by atoms with van der Waals surface area (Å²) >= 11 is 1.45. The number of benzene rings is 1. The van der Waals surface area contributed by atoms with Crippen LogP contribution in [0.2, 0.25) is 0 Å². The van der Waals surface area contributed by atoms with Crippen LogP contribution in [0.3, 0.4) is 0 Å². The number of halogens is 2. The number of nitro benzene ring substituents is 1. The summed E-state index contributed by atoms with van der Waals surface area (Å²) in [4.78, 5) is 10.1. The van der Waals surface area contributed by atoms with Crippen LogP contribution in [0.15, 0.2) is 29.0 Å². The van der Waals surface area contributed by atoms with Crippen LogP contribution < -0.4 is 5.32 Å². The lowest BCUT2D eigenvalue weighted by Crippen LogP contribution is -2.10. The summed E-state index contributed by atoms with van der Waals surface area (Å²) in [6.07, 6.45) is 0. The normalized spacial score (nSPS) is 12.2. The van der Waals surface area contributed by atoms with E-state index in [-0.39, 0.29) is 6.04 Å². The molecule has 0 amide bonds. The van der Waals surface area contributed by atoms with Crippen molar-refractivity contribution in [3.05, 3.63) is 56.3 Å². The predicted molar refractivity (Wildman–Crippen MR) is 69.4 cm³/mol. The van der Waals surface area contributed by atoms with Gasteiger partial charge in [0.2, 0.25) is 0 Å². The van der Waals surface area contributed by atoms with Gasteiger partial charge < -0.3 is 5.32 Å². The monoisotopic (exact) mass is 284 g/mol. The molecule has 1 unspecified atom stereocenters. The molecule has 0 saturated heterocycles. The molecule has 2 rings (SSSR count). The van der Waals surface area contributed by atoms with E-state index in [1.54, 1.807) is 6.92 Å². The van der Waals surface area contributed by atoms with Crippen LogP contribution in [0.5, 0.6) is 0 Å². The molecular formula is C12H10F2N2O2S. The number of nitrogens with zero attached hydrogens (tertiary/aromatic N) is 1. The van der Waals surface area contributed by atoms with Gasteiger partial charge in [-0.15, -0.1) is 0 Å². The Morgan fingerprint density at radius 1 is 1.37 bits per heavy atom. The standard InChI is InChI=1S/C12H10F2N2O2S/c1-7(8-4-5-19-6-8)15-12-10(16(17)18)3-2-9(13)11(12)14/h2-7,15H,1H3. The SMILES string of the molecule is CC(Nc1c([N+](=O)[O-])ccc(F)c1F)c1ccsc1. The zero-order valence-electron chi connectivity index (χ0n) is 9.89. The van der Waals surface area contributed by atoms with Crippen LogP contribution in [0.25, 0.3) is 0 Å². The summed E-state index contributed by atoms with van der Waals surface area (Å²) in [6.45, 7) is 1.72. The third-order valence-electron chi connectivity index (χ3n) is 2.67. The Labute approximate surface area is 111 Å². The fraction of sp³-hybridized carbons (Fsp3) is 0.167. The van der Waals surface area contributed by atoms with Gasteiger partial charge in [0.05, 0.1) is 4.92 Å². The van der Waals surface area contributed by atoms with Crippen LogP contribution in [-0.2, 0) is 0 Å². The highest BCUT2D eigenvalue weighted by molar-refractivity contribution is 7.07. The molecule has 1 aromatic carbocycles. The average molecular weight is 284 g/mol. The number of thiophene rings is 1. The zero-order chi connectivity index (χ0) is 14.0. The van der Waals surface area contributed by atoms with Gasteiger partial charge in [-0.05, 0) is 35.4 Å². The van der Waals surface area contributed by atoms with Crippen molar-refractivity contribution in [3.63, 3.8) is 0 Å². The first kappa shape index (κ1) is 13.4. The maximum absolute atomic E-state index is 13.7. The minimum absolute atomic E-state index is 0.360. The van der Waals surface area contributed by atoms with Crippen LogP contribution in [0.4, 0.5) is 20.2 Å². The van der Waals surface area contributed by atoms with Crippen molar-refractivity contribution in [2.24, 2.45) is 0 Å². The number of hydrogen-bond donors (Lipinski definition) is 1. The molecular weight excluding hydrogens is 274 g/mol. The molecule has 2 aromatic rings. The zero-order valence-corrected chi connectivity index (χ0v) is 10.7. The Morgan fingerprint density at radius 2 is 2.11 bits per heavy atom. The summed E-state index contributed by atoms with van der Waals surface area (Å²) in [6, 6.07) is 3.14. The molecule has 7 heteroatoms. The number of hydrogen-bond acceptors (Lipinski definition) is 4. The van der Waals surface area contributed by atoms with Crippen molar-refractivity contribution in [2.45, 2.75) is 13.0 Å². The highest BCUT2D eigenvalue weighted by Gasteiger charge is 2.23. The Kier molecular flexibility index (Phi) is 3.75. The van der Waals surface area contributed by atoms with E-state index in [4.69, 9.17) is 0 Å². The second-order valence-corrected chi connectivity index (χ2v) is 4.72. The Morgan fingerprint density at radius 3 is 2.68 bits per heavy atom. The Balaban J connectivity index is 2.38. The molecule has 0 spiro atoms. The minimum Gasteiger partial charge on any atom is -0.370 e. The molecule has 0 fully saturated rings. The van der Waals surface area contributed by atoms with Gasteiger partial charge in [-0.3, -0.25) is 10.1 Å². The molecule has 100 valence electrons. The van der Waals surface area contributed by atoms with Crippen molar-refractivity contribution < 1.29 is 13.7 Å². The van der Waals surface area contributed by atoms with Crippen LogP contribution in [0, 0.1) is 21.7 Å².